The van der Waals surface area contributed by atoms with Crippen molar-refractivity contribution < 1.29 is 0 Å². The molecule has 8 bridgehead atoms. The van der Waals surface area contributed by atoms with Gasteiger partial charge in [0.2, 0.25) is 0 Å². The van der Waals surface area contributed by atoms with Crippen LogP contribution in [-0.4, -0.2) is 79.7 Å². The summed E-state index contributed by atoms with van der Waals surface area (Å²) in [6.07, 6.45) is 13.8. The van der Waals surface area contributed by atoms with E-state index in [2.05, 4.69) is 74.1 Å². The fraction of sp³-hybridized carbons (Fsp3) is 0. The normalized spacial score (nSPS) is 11.8. The lowest BCUT2D eigenvalue weighted by atomic mass is 10.1. The van der Waals surface area contributed by atoms with Crippen LogP contribution in [0.2, 0.25) is 0 Å². The third-order valence-corrected chi connectivity index (χ3v) is 14.3. The minimum absolute atomic E-state index is 0.470. The highest BCUT2D eigenvalue weighted by Crippen LogP contribution is 2.42. The Balaban J connectivity index is 1.08. The van der Waals surface area contributed by atoms with E-state index in [1.807, 2.05) is 48.5 Å². The first-order chi connectivity index (χ1) is 33.6. The number of nitrogens with one attached hydrogen (secondary N) is 2. The lowest BCUT2D eigenvalue weighted by molar-refractivity contribution is 0.967. The summed E-state index contributed by atoms with van der Waals surface area (Å²) in [5, 5.41) is 5.80. The van der Waals surface area contributed by atoms with Crippen molar-refractivity contribution in [1.82, 2.24) is 79.7 Å². The first-order valence-corrected chi connectivity index (χ1v) is 24.1. The molecule has 0 unspecified atom stereocenters. The summed E-state index contributed by atoms with van der Waals surface area (Å²) in [7, 11) is 0. The molecule has 7 aromatic heterocycles. The second-order valence-corrected chi connectivity index (χ2v) is 19.1. The van der Waals surface area contributed by atoms with Crippen LogP contribution >= 0.6 is 47.0 Å². The third kappa shape index (κ3) is 7.73. The standard InChI is InChI=1S/C48H26N16S4/c1-13-49-45(50-14-1)65-25-5-9-29-33(21-25)41-57-37(29)62-42-35-23-27(67-47-53-17-3-18-54-47)7-11-31(35)39(59-42)64-44-36-24-28(68-48-55-19-4-20-56-48)8-12-32(36)40(60-44)63-43-34-22-26(66-46-51-15-2-16-52-46)6-10-30(34)38(58-43)61-41/h1-24H,(H2,57,58,59,60,61,62,63,64). The van der Waals surface area contributed by atoms with Gasteiger partial charge in [-0.1, -0.05) is 0 Å². The summed E-state index contributed by atoms with van der Waals surface area (Å²) in [6, 6.07) is 31.6. The quantitative estimate of drug-likeness (QED) is 0.136. The van der Waals surface area contributed by atoms with Gasteiger partial charge in [-0.05, 0) is 144 Å². The Kier molecular flexibility index (Phi) is 10.1. The van der Waals surface area contributed by atoms with Crippen LogP contribution in [0, 0.1) is 0 Å². The van der Waals surface area contributed by atoms with Gasteiger partial charge in [0.15, 0.2) is 43.9 Å². The molecule has 2 aliphatic heterocycles. The number of fused-ring (bicyclic) bond motifs is 20. The second-order valence-electron chi connectivity index (χ2n) is 15.0. The van der Waals surface area contributed by atoms with E-state index in [-0.39, 0.29) is 0 Å². The predicted octanol–water partition coefficient (Wildman–Crippen LogP) is 10.6. The van der Waals surface area contributed by atoms with Crippen LogP contribution in [0.15, 0.2) is 187 Å². The maximum atomic E-state index is 5.29. The van der Waals surface area contributed by atoms with E-state index in [0.717, 1.165) is 63.4 Å². The molecule has 9 heterocycles. The molecule has 0 saturated heterocycles. The molecule has 13 rings (SSSR count). The highest BCUT2D eigenvalue weighted by Gasteiger charge is 2.24. The lowest BCUT2D eigenvalue weighted by Crippen LogP contribution is -1.86. The molecule has 16 nitrogen and oxygen atoms in total. The van der Waals surface area contributed by atoms with Crippen LogP contribution in [0.3, 0.4) is 0 Å². The molecule has 322 valence electrons. The van der Waals surface area contributed by atoms with Gasteiger partial charge in [-0.3, -0.25) is 0 Å². The summed E-state index contributed by atoms with van der Waals surface area (Å²) in [5.41, 5.74) is 5.44. The van der Waals surface area contributed by atoms with Crippen LogP contribution in [0.1, 0.15) is 0 Å². The third-order valence-electron chi connectivity index (χ3n) is 10.7. The Morgan fingerprint density at radius 2 is 0.574 bits per heavy atom. The molecule has 20 heteroatoms. The number of aromatic amines is 2. The molecule has 2 N–H and O–H groups in total. The average molecular weight is 955 g/mol. The predicted molar refractivity (Wildman–Crippen MR) is 261 cm³/mol. The zero-order chi connectivity index (χ0) is 45.0. The van der Waals surface area contributed by atoms with E-state index < -0.39 is 0 Å². The zero-order valence-corrected chi connectivity index (χ0v) is 38.0. The van der Waals surface area contributed by atoms with Crippen molar-refractivity contribution in [2.45, 2.75) is 40.2 Å². The summed E-state index contributed by atoms with van der Waals surface area (Å²) >= 11 is 5.82. The van der Waals surface area contributed by atoms with Crippen LogP contribution in [-0.2, 0) is 0 Å². The van der Waals surface area contributed by atoms with Crippen molar-refractivity contribution in [2.24, 2.45) is 0 Å². The Labute approximate surface area is 401 Å². The van der Waals surface area contributed by atoms with Gasteiger partial charge in [0.05, 0.1) is 0 Å². The highest BCUT2D eigenvalue weighted by atomic mass is 32.2. The second kappa shape index (κ2) is 17.0. The topological polar surface area (TPSA) is 212 Å². The number of H-pyrrole nitrogens is 2. The summed E-state index contributed by atoms with van der Waals surface area (Å²) in [6.45, 7) is 0. The van der Waals surface area contributed by atoms with Crippen LogP contribution < -0.4 is 0 Å². The van der Waals surface area contributed by atoms with Gasteiger partial charge in [0, 0.05) is 113 Å². The number of benzene rings is 4. The zero-order valence-electron chi connectivity index (χ0n) is 34.8. The first kappa shape index (κ1) is 40.3. The van der Waals surface area contributed by atoms with Gasteiger partial charge in [0.1, 0.15) is 22.6 Å². The Bertz CT molecular complexity index is 3680. The van der Waals surface area contributed by atoms with Crippen molar-refractivity contribution in [3.05, 3.63) is 147 Å². The minimum Gasteiger partial charge on any atom is -0.324 e. The smallest absolute Gasteiger partial charge is 0.192 e. The molecular weight excluding hydrogens is 929 g/mol. The van der Waals surface area contributed by atoms with Gasteiger partial charge in [-0.2, -0.15) is 0 Å². The average Bonchev–Trinajstić information content (AvgIpc) is 4.10. The van der Waals surface area contributed by atoms with E-state index >= 15 is 0 Å². The summed E-state index contributed by atoms with van der Waals surface area (Å²) in [5.74, 6) is 1.89. The van der Waals surface area contributed by atoms with E-state index in [9.17, 15) is 0 Å². The molecule has 0 spiro atoms. The van der Waals surface area contributed by atoms with Gasteiger partial charge in [-0.15, -0.1) is 0 Å². The molecule has 0 radical (unpaired) electrons. The molecule has 2 aliphatic rings. The maximum Gasteiger partial charge on any atom is 0.192 e. The molecule has 11 aromatic rings. The first-order valence-electron chi connectivity index (χ1n) is 20.8. The van der Waals surface area contributed by atoms with Crippen molar-refractivity contribution in [3.63, 3.8) is 0 Å². The van der Waals surface area contributed by atoms with Crippen LogP contribution in [0.5, 0.6) is 0 Å². The number of aromatic nitrogens is 16. The number of rotatable bonds is 8. The highest BCUT2D eigenvalue weighted by molar-refractivity contribution is 7.99. The van der Waals surface area contributed by atoms with Gasteiger partial charge < -0.3 is 9.97 Å². The fourth-order valence-electron chi connectivity index (χ4n) is 7.74. The minimum atomic E-state index is 0.470. The van der Waals surface area contributed by atoms with E-state index in [4.69, 9.17) is 29.9 Å². The van der Waals surface area contributed by atoms with E-state index in [0.29, 0.717) is 66.5 Å². The monoisotopic (exact) mass is 954 g/mol. The summed E-state index contributed by atoms with van der Waals surface area (Å²) < 4.78 is 0. The van der Waals surface area contributed by atoms with Crippen LogP contribution in [0.25, 0.3) is 89.7 Å². The molecule has 0 saturated carbocycles. The number of hydrogen-bond acceptors (Lipinski definition) is 18. The van der Waals surface area contributed by atoms with E-state index in [1.165, 1.54) is 47.0 Å². The Morgan fingerprint density at radius 1 is 0.279 bits per heavy atom. The molecular formula is C48H26N16S4. The molecule has 0 fully saturated rings. The number of hydrogen-bond donors (Lipinski definition) is 2. The Morgan fingerprint density at radius 3 is 0.926 bits per heavy atom. The van der Waals surface area contributed by atoms with Gasteiger partial charge in [-0.25, -0.2) is 69.8 Å². The van der Waals surface area contributed by atoms with Crippen molar-refractivity contribution in [2.75, 3.05) is 0 Å². The molecule has 0 atom stereocenters. The molecule has 0 aliphatic carbocycles. The fourth-order valence-corrected chi connectivity index (χ4v) is 10.7. The molecule has 4 aromatic carbocycles. The number of nitrogens with zero attached hydrogens (tertiary/aromatic N) is 14. The van der Waals surface area contributed by atoms with Gasteiger partial charge >= 0.3 is 0 Å². The SMILES string of the molecule is c1cnc(Sc2ccc3c(c2)-c2nc-3nc3[nH]c(nc4nc(nc5[nH]c(n2)c2ccc(Sc6ncccn6)cc52)-c2ccc(Sc5ncccn5)cc2-4)c2ccc(Sc4ncccn4)cc32)nc1. The van der Waals surface area contributed by atoms with E-state index in [1.54, 1.807) is 73.8 Å². The van der Waals surface area contributed by atoms with Gasteiger partial charge in [0.25, 0.3) is 0 Å². The summed E-state index contributed by atoms with van der Waals surface area (Å²) in [4.78, 5) is 77.9. The van der Waals surface area contributed by atoms with Crippen molar-refractivity contribution >= 4 is 91.2 Å². The molecule has 0 amide bonds. The van der Waals surface area contributed by atoms with Crippen molar-refractivity contribution in [1.29, 1.82) is 0 Å². The lowest BCUT2D eigenvalue weighted by Gasteiger charge is -2.03. The Hall–Kier alpha value is -8.04. The van der Waals surface area contributed by atoms with Crippen molar-refractivity contribution in [3.8, 4) is 45.6 Å². The largest absolute Gasteiger partial charge is 0.324 e. The maximum absolute atomic E-state index is 5.29. The molecule has 68 heavy (non-hydrogen) atoms. The van der Waals surface area contributed by atoms with Crippen LogP contribution in [0.4, 0.5) is 0 Å².